The molecule has 2 rings (SSSR count). The number of piperidine rings is 1. The number of nitrogens with one attached hydrogen (secondary N) is 3. The van der Waals surface area contributed by atoms with Crippen molar-refractivity contribution in [3.05, 3.63) is 29.3 Å². The van der Waals surface area contributed by atoms with Gasteiger partial charge in [0.15, 0.2) is 0 Å². The molecule has 0 saturated carbocycles. The maximum atomic E-state index is 12.3. The summed E-state index contributed by atoms with van der Waals surface area (Å²) >= 11 is 0. The van der Waals surface area contributed by atoms with E-state index in [2.05, 4.69) is 15.4 Å². The van der Waals surface area contributed by atoms with E-state index >= 15 is 0 Å². The van der Waals surface area contributed by atoms with Gasteiger partial charge in [-0.1, -0.05) is 12.1 Å². The summed E-state index contributed by atoms with van der Waals surface area (Å²) < 4.78 is 27.1. The fraction of sp³-hybridized carbons (Fsp3) is 0.438. The first-order chi connectivity index (χ1) is 11.7. The van der Waals surface area contributed by atoms with E-state index in [0.717, 1.165) is 5.56 Å². The fourth-order valence-corrected chi connectivity index (χ4v) is 3.91. The van der Waals surface area contributed by atoms with E-state index in [0.29, 0.717) is 5.56 Å². The Balaban J connectivity index is 1.86. The number of benzene rings is 1. The van der Waals surface area contributed by atoms with Crippen molar-refractivity contribution >= 4 is 27.7 Å². The lowest BCUT2D eigenvalue weighted by Gasteiger charge is -2.20. The third-order valence-electron chi connectivity index (χ3n) is 3.86. The lowest BCUT2D eigenvalue weighted by molar-refractivity contribution is -0.140. The molecule has 1 aliphatic rings. The summed E-state index contributed by atoms with van der Waals surface area (Å²) in [5.74, 6) is -2.11. The summed E-state index contributed by atoms with van der Waals surface area (Å²) in [6.45, 7) is 3.59. The molecular formula is C16H21N3O5S. The molecule has 0 radical (unpaired) electrons. The molecule has 3 amide bonds. The summed E-state index contributed by atoms with van der Waals surface area (Å²) in [5, 5.41) is 4.68. The molecule has 0 bridgehead atoms. The van der Waals surface area contributed by atoms with Crippen LogP contribution in [0, 0.1) is 19.8 Å². The highest BCUT2D eigenvalue weighted by Gasteiger charge is 2.30. The van der Waals surface area contributed by atoms with Gasteiger partial charge in [0.05, 0.1) is 10.8 Å². The van der Waals surface area contributed by atoms with Crippen LogP contribution in [0.1, 0.15) is 24.0 Å². The first-order valence-electron chi connectivity index (χ1n) is 7.86. The standard InChI is InChI=1S/C16H21N3O5S/c1-10-3-4-11(2)13(7-10)25(23,24)18-6-5-17-16(22)12-8-14(20)19-15(21)9-12/h3-4,7,12,18H,5-6,8-9H2,1-2H3,(H,17,22)(H,19,20,21). The molecule has 1 fully saturated rings. The van der Waals surface area contributed by atoms with Gasteiger partial charge in [-0.25, -0.2) is 13.1 Å². The number of hydrogen-bond donors (Lipinski definition) is 3. The molecule has 1 saturated heterocycles. The van der Waals surface area contributed by atoms with Gasteiger partial charge in [-0.3, -0.25) is 19.7 Å². The average Bonchev–Trinajstić information content (AvgIpc) is 2.52. The maximum absolute atomic E-state index is 12.3. The number of carbonyl (C=O) groups excluding carboxylic acids is 3. The van der Waals surface area contributed by atoms with Gasteiger partial charge in [-0.05, 0) is 31.0 Å². The second-order valence-electron chi connectivity index (χ2n) is 6.03. The van der Waals surface area contributed by atoms with Crippen molar-refractivity contribution in [2.75, 3.05) is 13.1 Å². The van der Waals surface area contributed by atoms with Gasteiger partial charge >= 0.3 is 0 Å². The van der Waals surface area contributed by atoms with Crippen molar-refractivity contribution in [2.45, 2.75) is 31.6 Å². The first-order valence-corrected chi connectivity index (χ1v) is 9.34. The number of imide groups is 1. The maximum Gasteiger partial charge on any atom is 0.240 e. The summed E-state index contributed by atoms with van der Waals surface area (Å²) in [5.41, 5.74) is 1.47. The number of carbonyl (C=O) groups is 3. The molecule has 3 N–H and O–H groups in total. The van der Waals surface area contributed by atoms with Crippen LogP contribution >= 0.6 is 0 Å². The normalized spacial score (nSPS) is 15.8. The Hall–Kier alpha value is -2.26. The minimum atomic E-state index is -3.67. The Morgan fingerprint density at radius 1 is 1.16 bits per heavy atom. The number of aryl methyl sites for hydroxylation is 2. The van der Waals surface area contributed by atoms with E-state index in [4.69, 9.17) is 0 Å². The molecule has 1 aromatic rings. The zero-order valence-electron chi connectivity index (χ0n) is 14.1. The van der Waals surface area contributed by atoms with Crippen molar-refractivity contribution in [2.24, 2.45) is 5.92 Å². The van der Waals surface area contributed by atoms with Gasteiger partial charge in [-0.2, -0.15) is 0 Å². The Bertz CT molecular complexity index is 788. The number of hydrogen-bond acceptors (Lipinski definition) is 5. The highest BCUT2D eigenvalue weighted by Crippen LogP contribution is 2.16. The summed E-state index contributed by atoms with van der Waals surface area (Å²) in [7, 11) is -3.67. The SMILES string of the molecule is Cc1ccc(C)c(S(=O)(=O)NCCNC(=O)C2CC(=O)NC(=O)C2)c1. The zero-order chi connectivity index (χ0) is 18.6. The minimum absolute atomic E-state index is 0.00825. The lowest BCUT2D eigenvalue weighted by Crippen LogP contribution is -2.45. The van der Waals surface area contributed by atoms with Crippen LogP contribution < -0.4 is 15.4 Å². The van der Waals surface area contributed by atoms with Crippen LogP contribution in [0.3, 0.4) is 0 Å². The van der Waals surface area contributed by atoms with Crippen molar-refractivity contribution in [1.82, 2.24) is 15.4 Å². The van der Waals surface area contributed by atoms with E-state index in [9.17, 15) is 22.8 Å². The van der Waals surface area contributed by atoms with Gasteiger partial charge in [0, 0.05) is 25.9 Å². The number of rotatable bonds is 6. The van der Waals surface area contributed by atoms with E-state index in [1.165, 1.54) is 0 Å². The van der Waals surface area contributed by atoms with Crippen molar-refractivity contribution in [3.8, 4) is 0 Å². The second kappa shape index (κ2) is 7.75. The molecule has 0 spiro atoms. The monoisotopic (exact) mass is 367 g/mol. The Labute approximate surface area is 146 Å². The van der Waals surface area contributed by atoms with Crippen LogP contribution in [0.5, 0.6) is 0 Å². The van der Waals surface area contributed by atoms with Crippen LogP contribution in [0.2, 0.25) is 0 Å². The Morgan fingerprint density at radius 2 is 1.80 bits per heavy atom. The average molecular weight is 367 g/mol. The molecule has 25 heavy (non-hydrogen) atoms. The topological polar surface area (TPSA) is 121 Å². The number of amides is 3. The highest BCUT2D eigenvalue weighted by atomic mass is 32.2. The van der Waals surface area contributed by atoms with Crippen LogP contribution in [-0.4, -0.2) is 39.2 Å². The lowest BCUT2D eigenvalue weighted by atomic mass is 9.96. The van der Waals surface area contributed by atoms with E-state index in [-0.39, 0.29) is 30.8 Å². The highest BCUT2D eigenvalue weighted by molar-refractivity contribution is 7.89. The number of sulfonamides is 1. The summed E-state index contributed by atoms with van der Waals surface area (Å²) in [4.78, 5) is 34.7. The van der Waals surface area contributed by atoms with Gasteiger partial charge < -0.3 is 5.32 Å². The Morgan fingerprint density at radius 3 is 2.44 bits per heavy atom. The van der Waals surface area contributed by atoms with Crippen molar-refractivity contribution in [1.29, 1.82) is 0 Å². The van der Waals surface area contributed by atoms with Crippen LogP contribution in [0.15, 0.2) is 23.1 Å². The van der Waals surface area contributed by atoms with Crippen molar-refractivity contribution in [3.63, 3.8) is 0 Å². The fourth-order valence-electron chi connectivity index (χ4n) is 2.55. The summed E-state index contributed by atoms with van der Waals surface area (Å²) in [6.07, 6.45) is -0.0996. The molecule has 0 aromatic heterocycles. The summed E-state index contributed by atoms with van der Waals surface area (Å²) in [6, 6.07) is 5.15. The van der Waals surface area contributed by atoms with Gasteiger partial charge in [0.2, 0.25) is 27.7 Å². The molecule has 1 aromatic carbocycles. The van der Waals surface area contributed by atoms with E-state index < -0.39 is 33.7 Å². The predicted octanol–water partition coefficient (Wildman–Crippen LogP) is -0.249. The zero-order valence-corrected chi connectivity index (χ0v) is 14.9. The third kappa shape index (κ3) is 5.10. The molecule has 1 heterocycles. The largest absolute Gasteiger partial charge is 0.355 e. The first kappa shape index (κ1) is 19.1. The Kier molecular flexibility index (Phi) is 5.91. The van der Waals surface area contributed by atoms with Crippen molar-refractivity contribution < 1.29 is 22.8 Å². The molecule has 8 nitrogen and oxygen atoms in total. The van der Waals surface area contributed by atoms with E-state index in [1.54, 1.807) is 26.0 Å². The van der Waals surface area contributed by atoms with E-state index in [1.807, 2.05) is 6.07 Å². The molecule has 0 unspecified atom stereocenters. The minimum Gasteiger partial charge on any atom is -0.355 e. The van der Waals surface area contributed by atoms with Crippen LogP contribution in [-0.2, 0) is 24.4 Å². The third-order valence-corrected chi connectivity index (χ3v) is 5.47. The smallest absolute Gasteiger partial charge is 0.240 e. The predicted molar refractivity (Wildman–Crippen MR) is 90.0 cm³/mol. The van der Waals surface area contributed by atoms with Crippen LogP contribution in [0.25, 0.3) is 0 Å². The van der Waals surface area contributed by atoms with Gasteiger partial charge in [0.1, 0.15) is 0 Å². The second-order valence-corrected chi connectivity index (χ2v) is 7.77. The van der Waals surface area contributed by atoms with Gasteiger partial charge in [0.25, 0.3) is 0 Å². The molecule has 9 heteroatoms. The molecule has 1 aliphatic heterocycles. The van der Waals surface area contributed by atoms with Crippen LogP contribution in [0.4, 0.5) is 0 Å². The van der Waals surface area contributed by atoms with Gasteiger partial charge in [-0.15, -0.1) is 0 Å². The quantitative estimate of drug-likeness (QED) is 0.473. The molecular weight excluding hydrogens is 346 g/mol. The molecule has 0 aliphatic carbocycles. The molecule has 136 valence electrons. The molecule has 0 atom stereocenters.